The number of benzene rings is 3. The normalized spacial score (nSPS) is 14.5. The highest BCUT2D eigenvalue weighted by Crippen LogP contribution is 2.29. The molecule has 3 aromatic carbocycles. The molecule has 186 valence electrons. The number of hydrogen-bond donors (Lipinski definition) is 3. The molecule has 0 aliphatic carbocycles. The van der Waals surface area contributed by atoms with Crippen LogP contribution < -0.4 is 15.0 Å². The Bertz CT molecular complexity index is 1500. The van der Waals surface area contributed by atoms with Gasteiger partial charge in [-0.2, -0.15) is 0 Å². The van der Waals surface area contributed by atoms with Crippen LogP contribution in [-0.2, 0) is 16.2 Å². The fourth-order valence-electron chi connectivity index (χ4n) is 3.52. The van der Waals surface area contributed by atoms with Crippen LogP contribution in [0.2, 0.25) is 5.02 Å². The molecule has 1 fully saturated rings. The first-order chi connectivity index (χ1) is 17.6. The van der Waals surface area contributed by atoms with E-state index in [0.717, 1.165) is 4.90 Å². The van der Waals surface area contributed by atoms with Gasteiger partial charge in [0.15, 0.2) is 5.11 Å². The van der Waals surface area contributed by atoms with Crippen molar-refractivity contribution in [1.29, 1.82) is 0 Å². The maximum Gasteiger partial charge on any atom is 0.335 e. The van der Waals surface area contributed by atoms with Gasteiger partial charge in [0.1, 0.15) is 17.9 Å². The molecular formula is C26H17ClN2O7S. The highest BCUT2D eigenvalue weighted by atomic mass is 35.5. The summed E-state index contributed by atoms with van der Waals surface area (Å²) in [7, 11) is 0. The molecule has 1 aliphatic rings. The Hall–Kier alpha value is -4.54. The number of carbonyl (C=O) groups excluding carboxylic acids is 2. The second-order valence-corrected chi connectivity index (χ2v) is 8.59. The highest BCUT2D eigenvalue weighted by Gasteiger charge is 2.34. The fourth-order valence-corrected chi connectivity index (χ4v) is 4.04. The summed E-state index contributed by atoms with van der Waals surface area (Å²) in [6, 6.07) is 16.5. The van der Waals surface area contributed by atoms with Crippen molar-refractivity contribution < 1.29 is 34.1 Å². The number of carboxylic acid groups (broad SMARTS) is 2. The van der Waals surface area contributed by atoms with Gasteiger partial charge in [-0.25, -0.2) is 9.59 Å². The van der Waals surface area contributed by atoms with Gasteiger partial charge < -0.3 is 14.9 Å². The van der Waals surface area contributed by atoms with Crippen LogP contribution >= 0.6 is 23.8 Å². The third-order valence-corrected chi connectivity index (χ3v) is 5.87. The molecule has 0 saturated carbocycles. The predicted octanol–water partition coefficient (Wildman–Crippen LogP) is 4.15. The van der Waals surface area contributed by atoms with Gasteiger partial charge in [-0.15, -0.1) is 0 Å². The van der Waals surface area contributed by atoms with Crippen molar-refractivity contribution in [2.45, 2.75) is 6.61 Å². The van der Waals surface area contributed by atoms with Crippen molar-refractivity contribution in [3.8, 4) is 5.75 Å². The van der Waals surface area contributed by atoms with Gasteiger partial charge >= 0.3 is 11.9 Å². The second kappa shape index (κ2) is 10.6. The molecule has 4 rings (SSSR count). The summed E-state index contributed by atoms with van der Waals surface area (Å²) < 4.78 is 5.70. The number of ether oxygens (including phenoxy) is 1. The number of aromatic carboxylic acids is 2. The van der Waals surface area contributed by atoms with E-state index in [1.807, 2.05) is 0 Å². The number of thiocarbonyl (C=S) groups is 1. The van der Waals surface area contributed by atoms with Gasteiger partial charge in [-0.1, -0.05) is 35.9 Å². The van der Waals surface area contributed by atoms with E-state index in [9.17, 15) is 24.3 Å². The molecule has 0 atom stereocenters. The third kappa shape index (κ3) is 5.66. The molecule has 1 aliphatic heterocycles. The molecule has 0 bridgehead atoms. The van der Waals surface area contributed by atoms with E-state index in [1.54, 1.807) is 24.3 Å². The van der Waals surface area contributed by atoms with Crippen LogP contribution in [-0.4, -0.2) is 39.1 Å². The molecule has 37 heavy (non-hydrogen) atoms. The first-order valence-electron chi connectivity index (χ1n) is 10.6. The van der Waals surface area contributed by atoms with Gasteiger partial charge in [0.25, 0.3) is 11.8 Å². The van der Waals surface area contributed by atoms with E-state index in [4.69, 9.17) is 33.7 Å². The number of anilines is 1. The van der Waals surface area contributed by atoms with Crippen LogP contribution in [0, 0.1) is 0 Å². The molecule has 3 N–H and O–H groups in total. The van der Waals surface area contributed by atoms with Gasteiger partial charge in [-0.3, -0.25) is 19.8 Å². The Balaban J connectivity index is 1.56. The summed E-state index contributed by atoms with van der Waals surface area (Å²) >= 11 is 11.5. The molecule has 1 heterocycles. The lowest BCUT2D eigenvalue weighted by molar-refractivity contribution is -0.122. The van der Waals surface area contributed by atoms with Gasteiger partial charge in [0.05, 0.1) is 21.8 Å². The summed E-state index contributed by atoms with van der Waals surface area (Å²) in [5, 5.41) is 20.8. The number of halogens is 1. The quantitative estimate of drug-likeness (QED) is 0.233. The largest absolute Gasteiger partial charge is 0.487 e. The summed E-state index contributed by atoms with van der Waals surface area (Å²) in [5.74, 6) is -3.35. The second-order valence-electron chi connectivity index (χ2n) is 7.80. The number of rotatable bonds is 7. The van der Waals surface area contributed by atoms with Crippen molar-refractivity contribution in [3.63, 3.8) is 0 Å². The van der Waals surface area contributed by atoms with E-state index in [1.165, 1.54) is 48.5 Å². The van der Waals surface area contributed by atoms with E-state index >= 15 is 0 Å². The zero-order valence-electron chi connectivity index (χ0n) is 18.8. The average molecular weight is 537 g/mol. The average Bonchev–Trinajstić information content (AvgIpc) is 2.86. The minimum Gasteiger partial charge on any atom is -0.487 e. The molecule has 2 amide bonds. The number of nitrogens with zero attached hydrogens (tertiary/aromatic N) is 1. The van der Waals surface area contributed by atoms with Crippen LogP contribution in [0.5, 0.6) is 5.75 Å². The number of carbonyl (C=O) groups is 4. The number of carboxylic acids is 2. The fraction of sp³-hybridized carbons (Fsp3) is 0.0385. The van der Waals surface area contributed by atoms with E-state index in [2.05, 4.69) is 5.32 Å². The monoisotopic (exact) mass is 536 g/mol. The lowest BCUT2D eigenvalue weighted by atomic mass is 10.1. The first kappa shape index (κ1) is 25.5. The van der Waals surface area contributed by atoms with Crippen LogP contribution in [0.4, 0.5) is 5.69 Å². The van der Waals surface area contributed by atoms with Gasteiger partial charge in [0, 0.05) is 0 Å². The number of nitrogens with one attached hydrogen (secondary N) is 1. The standard InChI is InChI=1S/C26H17ClN2O7S/c27-20-11-14(7-8-21(20)36-13-15-3-1-4-16(9-15)24(32)33)10-19-22(30)28-26(37)29(23(19)31)18-6-2-5-17(12-18)25(34)35/h1-12H,13H2,(H,32,33)(H,34,35)(H,28,30,37). The molecule has 11 heteroatoms. The van der Waals surface area contributed by atoms with Crippen LogP contribution in [0.15, 0.2) is 72.3 Å². The topological polar surface area (TPSA) is 133 Å². The number of amides is 2. The minimum atomic E-state index is -1.18. The molecular weight excluding hydrogens is 520 g/mol. The first-order valence-corrected chi connectivity index (χ1v) is 11.4. The summed E-state index contributed by atoms with van der Waals surface area (Å²) in [6.07, 6.45) is 1.33. The van der Waals surface area contributed by atoms with Gasteiger partial charge in [0.2, 0.25) is 0 Å². The van der Waals surface area contributed by atoms with Crippen molar-refractivity contribution in [3.05, 3.63) is 99.6 Å². The maximum absolute atomic E-state index is 13.2. The zero-order chi connectivity index (χ0) is 26.7. The van der Waals surface area contributed by atoms with E-state index in [0.29, 0.717) is 16.9 Å². The molecule has 0 unspecified atom stereocenters. The lowest BCUT2D eigenvalue weighted by Crippen LogP contribution is -2.54. The predicted molar refractivity (Wildman–Crippen MR) is 139 cm³/mol. The Morgan fingerprint density at radius 2 is 1.65 bits per heavy atom. The third-order valence-electron chi connectivity index (χ3n) is 5.29. The highest BCUT2D eigenvalue weighted by molar-refractivity contribution is 7.80. The molecule has 0 spiro atoms. The Morgan fingerprint density at radius 3 is 2.32 bits per heavy atom. The van der Waals surface area contributed by atoms with E-state index in [-0.39, 0.29) is 39.1 Å². The van der Waals surface area contributed by atoms with Crippen molar-refractivity contribution in [2.75, 3.05) is 4.90 Å². The molecule has 1 saturated heterocycles. The SMILES string of the molecule is O=C1NC(=S)N(c2cccc(C(=O)O)c2)C(=O)C1=Cc1ccc(OCc2cccc(C(=O)O)c2)c(Cl)c1. The van der Waals surface area contributed by atoms with Crippen LogP contribution in [0.3, 0.4) is 0 Å². The minimum absolute atomic E-state index is 0.0485. The molecule has 9 nitrogen and oxygen atoms in total. The molecule has 0 aromatic heterocycles. The Morgan fingerprint density at radius 1 is 0.973 bits per heavy atom. The van der Waals surface area contributed by atoms with E-state index < -0.39 is 23.8 Å². The van der Waals surface area contributed by atoms with Crippen LogP contribution in [0.25, 0.3) is 6.08 Å². The number of hydrogen-bond acceptors (Lipinski definition) is 6. The lowest BCUT2D eigenvalue weighted by Gasteiger charge is -2.29. The summed E-state index contributed by atoms with van der Waals surface area (Å²) in [5.41, 5.74) is 1.10. The summed E-state index contributed by atoms with van der Waals surface area (Å²) in [4.78, 5) is 49.2. The van der Waals surface area contributed by atoms with Gasteiger partial charge in [-0.05, 0) is 71.9 Å². The maximum atomic E-state index is 13.2. The molecule has 3 aromatic rings. The summed E-state index contributed by atoms with van der Waals surface area (Å²) in [6.45, 7) is 0.0734. The van der Waals surface area contributed by atoms with Crippen LogP contribution in [0.1, 0.15) is 31.8 Å². The van der Waals surface area contributed by atoms with Crippen molar-refractivity contribution in [2.24, 2.45) is 0 Å². The zero-order valence-corrected chi connectivity index (χ0v) is 20.4. The van der Waals surface area contributed by atoms with Crippen molar-refractivity contribution >= 4 is 64.4 Å². The molecule has 0 radical (unpaired) electrons. The van der Waals surface area contributed by atoms with Crippen molar-refractivity contribution in [1.82, 2.24) is 5.32 Å². The Kier molecular flexibility index (Phi) is 7.32. The Labute approximate surface area is 220 Å². The smallest absolute Gasteiger partial charge is 0.335 e.